The van der Waals surface area contributed by atoms with Gasteiger partial charge in [0.15, 0.2) is 0 Å². The number of nitrogens with one attached hydrogen (secondary N) is 1. The van der Waals surface area contributed by atoms with Gasteiger partial charge in [0.05, 0.1) is 5.56 Å². The number of hydrogen-bond donors (Lipinski definition) is 2. The second-order valence-corrected chi connectivity index (χ2v) is 6.53. The molecule has 0 radical (unpaired) electrons. The van der Waals surface area contributed by atoms with Crippen LogP contribution < -0.4 is 11.1 Å². The Morgan fingerprint density at radius 1 is 1.36 bits per heavy atom. The topological polar surface area (TPSA) is 55.1 Å². The molecule has 1 aliphatic rings. The van der Waals surface area contributed by atoms with E-state index in [0.29, 0.717) is 28.1 Å². The number of halogens is 2. The predicted octanol–water partition coefficient (Wildman–Crippen LogP) is 3.71. The Balaban J connectivity index is 0.00000176. The molecule has 0 aliphatic heterocycles. The number of carbonyl (C=O) groups is 1. The Morgan fingerprint density at radius 3 is 2.77 bits per heavy atom. The minimum absolute atomic E-state index is 0. The summed E-state index contributed by atoms with van der Waals surface area (Å²) in [4.78, 5) is 12.5. The predicted molar refractivity (Wildman–Crippen MR) is 91.3 cm³/mol. The lowest BCUT2D eigenvalue weighted by atomic mass is 9.97. The van der Waals surface area contributed by atoms with Gasteiger partial charge in [-0.1, -0.05) is 12.8 Å². The summed E-state index contributed by atoms with van der Waals surface area (Å²) in [5, 5.41) is 5.37. The zero-order valence-electron chi connectivity index (χ0n) is 12.2. The highest BCUT2D eigenvalue weighted by molar-refractivity contribution is 7.17. The summed E-state index contributed by atoms with van der Waals surface area (Å²) in [6.45, 7) is 0.450. The minimum atomic E-state index is -0.283. The number of rotatable bonds is 4. The van der Waals surface area contributed by atoms with Crippen molar-refractivity contribution < 1.29 is 9.18 Å². The van der Waals surface area contributed by atoms with Gasteiger partial charge in [-0.15, -0.1) is 23.7 Å². The van der Waals surface area contributed by atoms with Crippen molar-refractivity contribution in [3.05, 3.63) is 35.0 Å². The summed E-state index contributed by atoms with van der Waals surface area (Å²) < 4.78 is 14.4. The molecule has 2 aromatic rings. The summed E-state index contributed by atoms with van der Waals surface area (Å²) in [5.41, 5.74) is 6.36. The average molecular weight is 343 g/mol. The van der Waals surface area contributed by atoms with E-state index in [4.69, 9.17) is 5.73 Å². The molecule has 1 atom stereocenters. The lowest BCUT2D eigenvalue weighted by Crippen LogP contribution is -2.44. The van der Waals surface area contributed by atoms with Gasteiger partial charge in [-0.3, -0.25) is 4.79 Å². The normalized spacial score (nSPS) is 16.5. The molecule has 6 heteroatoms. The number of carbonyl (C=O) groups excluding carboxylic acids is 1. The number of nitrogens with two attached hydrogens (primary N) is 1. The Hall–Kier alpha value is -1.17. The van der Waals surface area contributed by atoms with Crippen molar-refractivity contribution >= 4 is 39.7 Å². The van der Waals surface area contributed by atoms with Crippen LogP contribution in [0.15, 0.2) is 23.6 Å². The molecule has 1 aromatic carbocycles. The van der Waals surface area contributed by atoms with Crippen LogP contribution in [0.5, 0.6) is 0 Å². The van der Waals surface area contributed by atoms with Gasteiger partial charge < -0.3 is 11.1 Å². The molecule has 1 saturated carbocycles. The van der Waals surface area contributed by atoms with E-state index in [1.54, 1.807) is 12.1 Å². The third kappa shape index (κ3) is 3.26. The molecular formula is C16H20ClFN2OS. The number of hydrogen-bond acceptors (Lipinski definition) is 3. The molecule has 0 spiro atoms. The van der Waals surface area contributed by atoms with E-state index in [0.717, 1.165) is 12.8 Å². The summed E-state index contributed by atoms with van der Waals surface area (Å²) in [7, 11) is 0. The van der Waals surface area contributed by atoms with E-state index in [1.165, 1.54) is 30.2 Å². The Bertz CT molecular complexity index is 655. The first-order valence-electron chi connectivity index (χ1n) is 7.37. The summed E-state index contributed by atoms with van der Waals surface area (Å²) in [6.07, 6.45) is 4.67. The molecule has 0 bridgehead atoms. The minimum Gasteiger partial charge on any atom is -0.348 e. The van der Waals surface area contributed by atoms with E-state index in [9.17, 15) is 9.18 Å². The van der Waals surface area contributed by atoms with Gasteiger partial charge in [0, 0.05) is 22.7 Å². The lowest BCUT2D eigenvalue weighted by molar-refractivity contribution is 0.0926. The van der Waals surface area contributed by atoms with E-state index in [2.05, 4.69) is 5.32 Å². The van der Waals surface area contributed by atoms with Crippen LogP contribution in [0.25, 0.3) is 10.1 Å². The van der Waals surface area contributed by atoms with Gasteiger partial charge in [0.2, 0.25) is 0 Å². The molecule has 1 aromatic heterocycles. The quantitative estimate of drug-likeness (QED) is 0.890. The monoisotopic (exact) mass is 342 g/mol. The van der Waals surface area contributed by atoms with Crippen molar-refractivity contribution in [2.45, 2.75) is 31.7 Å². The highest BCUT2D eigenvalue weighted by Crippen LogP contribution is 2.29. The van der Waals surface area contributed by atoms with Crippen LogP contribution >= 0.6 is 23.7 Å². The van der Waals surface area contributed by atoms with E-state index < -0.39 is 0 Å². The van der Waals surface area contributed by atoms with Gasteiger partial charge in [-0.25, -0.2) is 4.39 Å². The molecule has 3 nitrogen and oxygen atoms in total. The van der Waals surface area contributed by atoms with Crippen molar-refractivity contribution in [2.75, 3.05) is 6.54 Å². The highest BCUT2D eigenvalue weighted by Gasteiger charge is 2.26. The maximum absolute atomic E-state index is 13.7. The second-order valence-electron chi connectivity index (χ2n) is 5.62. The van der Waals surface area contributed by atoms with E-state index in [-0.39, 0.29) is 30.2 Å². The maximum Gasteiger partial charge on any atom is 0.253 e. The average Bonchev–Trinajstić information content (AvgIpc) is 3.16. The zero-order chi connectivity index (χ0) is 14.8. The van der Waals surface area contributed by atoms with Crippen molar-refractivity contribution in [3.8, 4) is 0 Å². The fraction of sp³-hybridized carbons (Fsp3) is 0.438. The van der Waals surface area contributed by atoms with Crippen LogP contribution in [0.4, 0.5) is 4.39 Å². The van der Waals surface area contributed by atoms with Gasteiger partial charge >= 0.3 is 0 Å². The number of benzene rings is 1. The fourth-order valence-corrected chi connectivity index (χ4v) is 4.10. The Kier molecular flexibility index (Phi) is 5.78. The Morgan fingerprint density at radius 2 is 2.09 bits per heavy atom. The van der Waals surface area contributed by atoms with Crippen LogP contribution in [-0.4, -0.2) is 18.5 Å². The molecule has 1 aliphatic carbocycles. The van der Waals surface area contributed by atoms with Crippen LogP contribution in [0.3, 0.4) is 0 Å². The Labute approximate surface area is 139 Å². The number of fused-ring (bicyclic) bond motifs is 1. The SMILES string of the molecule is Cl.NCC(NC(=O)c1ccc(F)c2ccsc12)C1CCCC1. The van der Waals surface area contributed by atoms with E-state index >= 15 is 0 Å². The zero-order valence-corrected chi connectivity index (χ0v) is 13.8. The summed E-state index contributed by atoms with van der Waals surface area (Å²) in [6, 6.07) is 4.65. The maximum atomic E-state index is 13.7. The molecule has 3 N–H and O–H groups in total. The highest BCUT2D eigenvalue weighted by atomic mass is 35.5. The molecule has 1 amide bonds. The first-order valence-corrected chi connectivity index (χ1v) is 8.25. The number of thiophene rings is 1. The van der Waals surface area contributed by atoms with E-state index in [1.807, 2.05) is 5.38 Å². The molecule has 0 saturated heterocycles. The number of amides is 1. The lowest BCUT2D eigenvalue weighted by Gasteiger charge is -2.23. The first-order chi connectivity index (χ1) is 10.2. The van der Waals surface area contributed by atoms with Crippen molar-refractivity contribution in [2.24, 2.45) is 11.7 Å². The van der Waals surface area contributed by atoms with Crippen LogP contribution in [0, 0.1) is 11.7 Å². The van der Waals surface area contributed by atoms with Crippen LogP contribution in [-0.2, 0) is 0 Å². The smallest absolute Gasteiger partial charge is 0.253 e. The molecule has 3 rings (SSSR count). The van der Waals surface area contributed by atoms with Gasteiger partial charge in [-0.05, 0) is 42.3 Å². The first kappa shape index (κ1) is 17.2. The molecule has 120 valence electrons. The van der Waals surface area contributed by atoms with Gasteiger partial charge in [-0.2, -0.15) is 0 Å². The van der Waals surface area contributed by atoms with Crippen molar-refractivity contribution in [3.63, 3.8) is 0 Å². The van der Waals surface area contributed by atoms with Crippen LogP contribution in [0.2, 0.25) is 0 Å². The van der Waals surface area contributed by atoms with Crippen molar-refractivity contribution in [1.82, 2.24) is 5.32 Å². The third-order valence-electron chi connectivity index (χ3n) is 4.35. The summed E-state index contributed by atoms with van der Waals surface area (Å²) in [5.74, 6) is 0.0389. The summed E-state index contributed by atoms with van der Waals surface area (Å²) >= 11 is 1.39. The molecular weight excluding hydrogens is 323 g/mol. The van der Waals surface area contributed by atoms with Crippen LogP contribution in [0.1, 0.15) is 36.0 Å². The molecule has 1 heterocycles. The van der Waals surface area contributed by atoms with Gasteiger partial charge in [0.25, 0.3) is 5.91 Å². The standard InChI is InChI=1S/C16H19FN2OS.ClH/c17-13-6-5-12(15-11(13)7-8-21-15)16(20)19-14(9-18)10-3-1-2-4-10;/h5-8,10,14H,1-4,9,18H2,(H,19,20);1H. The largest absolute Gasteiger partial charge is 0.348 e. The molecule has 1 unspecified atom stereocenters. The molecule has 22 heavy (non-hydrogen) atoms. The molecule has 1 fully saturated rings. The fourth-order valence-electron chi connectivity index (χ4n) is 3.18. The van der Waals surface area contributed by atoms with Gasteiger partial charge in [0.1, 0.15) is 5.82 Å². The second kappa shape index (κ2) is 7.40. The van der Waals surface area contributed by atoms with Crippen molar-refractivity contribution in [1.29, 1.82) is 0 Å². The third-order valence-corrected chi connectivity index (χ3v) is 5.30.